The average molecular weight is 434 g/mol. The Labute approximate surface area is 180 Å². The van der Waals surface area contributed by atoms with E-state index in [0.29, 0.717) is 23.0 Å². The zero-order valence-electron chi connectivity index (χ0n) is 16.4. The van der Waals surface area contributed by atoms with Crippen molar-refractivity contribution in [3.63, 3.8) is 0 Å². The molecular formula is C22H16F2N6O2. The first-order chi connectivity index (χ1) is 15.4. The fraction of sp³-hybridized carbons (Fsp3) is 0. The third-order valence-corrected chi connectivity index (χ3v) is 4.30. The van der Waals surface area contributed by atoms with Crippen molar-refractivity contribution in [3.05, 3.63) is 84.2 Å². The summed E-state index contributed by atoms with van der Waals surface area (Å²) in [6, 6.07) is 14.6. The number of benzene rings is 2. The molecule has 0 spiro atoms. The standard InChI is InChI=1S/C22H16F2N6O2/c23-12-1-6-16(17(24)9-12)18-11-20(30-22(26)29-18)28-13-2-4-14(5-3-13)32-15-7-8-27-19(10-15)21(25)31/h1-11H,(H2,25,31)(H3,26,28,29,30). The predicted molar refractivity (Wildman–Crippen MR) is 114 cm³/mol. The maximum Gasteiger partial charge on any atom is 0.267 e. The maximum atomic E-state index is 14.1. The van der Waals surface area contributed by atoms with E-state index < -0.39 is 17.5 Å². The number of carbonyl (C=O) groups excluding carboxylic acids is 1. The van der Waals surface area contributed by atoms with Gasteiger partial charge in [0.1, 0.15) is 34.6 Å². The summed E-state index contributed by atoms with van der Waals surface area (Å²) in [4.78, 5) is 23.2. The lowest BCUT2D eigenvalue weighted by atomic mass is 10.1. The van der Waals surface area contributed by atoms with Crippen LogP contribution in [0.15, 0.2) is 66.9 Å². The van der Waals surface area contributed by atoms with E-state index in [1.54, 1.807) is 30.3 Å². The molecule has 0 fully saturated rings. The molecule has 10 heteroatoms. The number of anilines is 3. The van der Waals surface area contributed by atoms with Gasteiger partial charge in [0.05, 0.1) is 5.69 Å². The van der Waals surface area contributed by atoms with Gasteiger partial charge in [-0.1, -0.05) is 0 Å². The van der Waals surface area contributed by atoms with E-state index >= 15 is 0 Å². The number of amides is 1. The quantitative estimate of drug-likeness (QED) is 0.418. The molecule has 0 atom stereocenters. The zero-order valence-corrected chi connectivity index (χ0v) is 16.4. The van der Waals surface area contributed by atoms with Crippen molar-refractivity contribution >= 4 is 23.4 Å². The van der Waals surface area contributed by atoms with Crippen molar-refractivity contribution in [1.82, 2.24) is 15.0 Å². The van der Waals surface area contributed by atoms with E-state index in [4.69, 9.17) is 16.2 Å². The summed E-state index contributed by atoms with van der Waals surface area (Å²) in [6.45, 7) is 0. The normalized spacial score (nSPS) is 10.6. The van der Waals surface area contributed by atoms with Gasteiger partial charge in [0.25, 0.3) is 5.91 Å². The lowest BCUT2D eigenvalue weighted by Gasteiger charge is -2.10. The average Bonchev–Trinajstić information content (AvgIpc) is 2.75. The number of pyridine rings is 1. The molecule has 0 aliphatic rings. The number of aromatic nitrogens is 3. The van der Waals surface area contributed by atoms with Gasteiger partial charge in [-0.15, -0.1) is 0 Å². The molecule has 4 aromatic rings. The van der Waals surface area contributed by atoms with E-state index in [9.17, 15) is 13.6 Å². The van der Waals surface area contributed by atoms with Crippen molar-refractivity contribution < 1.29 is 18.3 Å². The minimum absolute atomic E-state index is 0.0726. The van der Waals surface area contributed by atoms with Crippen LogP contribution in [0.2, 0.25) is 0 Å². The number of primary amides is 1. The largest absolute Gasteiger partial charge is 0.457 e. The van der Waals surface area contributed by atoms with Gasteiger partial charge in [-0.25, -0.2) is 13.8 Å². The van der Waals surface area contributed by atoms with Crippen LogP contribution >= 0.6 is 0 Å². The summed E-state index contributed by atoms with van der Waals surface area (Å²) in [6.07, 6.45) is 1.42. The van der Waals surface area contributed by atoms with Crippen molar-refractivity contribution in [2.24, 2.45) is 5.73 Å². The molecule has 160 valence electrons. The Balaban J connectivity index is 1.52. The molecule has 2 heterocycles. The molecule has 4 rings (SSSR count). The summed E-state index contributed by atoms with van der Waals surface area (Å²) in [5, 5.41) is 3.05. The van der Waals surface area contributed by atoms with Crippen molar-refractivity contribution in [2.75, 3.05) is 11.1 Å². The third-order valence-electron chi connectivity index (χ3n) is 4.30. The van der Waals surface area contributed by atoms with Crippen LogP contribution in [0.1, 0.15) is 10.5 Å². The molecule has 0 bridgehead atoms. The number of nitrogens with zero attached hydrogens (tertiary/aromatic N) is 3. The molecule has 1 amide bonds. The van der Waals surface area contributed by atoms with E-state index in [2.05, 4.69) is 20.3 Å². The third kappa shape index (κ3) is 4.75. The lowest BCUT2D eigenvalue weighted by Crippen LogP contribution is -2.12. The van der Waals surface area contributed by atoms with Crippen LogP contribution in [0.25, 0.3) is 11.3 Å². The monoisotopic (exact) mass is 434 g/mol. The number of rotatable bonds is 6. The van der Waals surface area contributed by atoms with Gasteiger partial charge in [0.2, 0.25) is 5.95 Å². The van der Waals surface area contributed by atoms with Gasteiger partial charge in [0.15, 0.2) is 0 Å². The number of hydrogen-bond donors (Lipinski definition) is 3. The molecule has 0 radical (unpaired) electrons. The highest BCUT2D eigenvalue weighted by Gasteiger charge is 2.11. The Morgan fingerprint density at radius 3 is 2.44 bits per heavy atom. The Morgan fingerprint density at radius 1 is 0.938 bits per heavy atom. The molecule has 0 aliphatic heterocycles. The van der Waals surface area contributed by atoms with Crippen molar-refractivity contribution in [1.29, 1.82) is 0 Å². The fourth-order valence-electron chi connectivity index (χ4n) is 2.86. The number of carbonyl (C=O) groups is 1. The Morgan fingerprint density at radius 2 is 1.72 bits per heavy atom. The highest BCUT2D eigenvalue weighted by molar-refractivity contribution is 5.91. The van der Waals surface area contributed by atoms with Crippen LogP contribution < -0.4 is 21.5 Å². The number of hydrogen-bond acceptors (Lipinski definition) is 7. The molecule has 2 aromatic carbocycles. The van der Waals surface area contributed by atoms with E-state index in [0.717, 1.165) is 12.1 Å². The van der Waals surface area contributed by atoms with Gasteiger partial charge in [-0.05, 0) is 42.5 Å². The van der Waals surface area contributed by atoms with Gasteiger partial charge in [-0.3, -0.25) is 9.78 Å². The number of nitrogen functional groups attached to an aromatic ring is 1. The molecular weight excluding hydrogens is 418 g/mol. The Hall–Kier alpha value is -4.60. The smallest absolute Gasteiger partial charge is 0.267 e. The Bertz CT molecular complexity index is 1300. The second kappa shape index (κ2) is 8.64. The minimum Gasteiger partial charge on any atom is -0.457 e. The number of nitrogens with two attached hydrogens (primary N) is 2. The first-order valence-corrected chi connectivity index (χ1v) is 9.28. The summed E-state index contributed by atoms with van der Waals surface area (Å²) < 4.78 is 33.0. The molecule has 32 heavy (non-hydrogen) atoms. The van der Waals surface area contributed by atoms with E-state index in [1.807, 2.05) is 0 Å². The van der Waals surface area contributed by atoms with Crippen LogP contribution in [0, 0.1) is 11.6 Å². The van der Waals surface area contributed by atoms with Crippen LogP contribution in [-0.4, -0.2) is 20.9 Å². The van der Waals surface area contributed by atoms with Crippen molar-refractivity contribution in [2.45, 2.75) is 0 Å². The number of nitrogens with one attached hydrogen (secondary N) is 1. The van der Waals surface area contributed by atoms with Crippen LogP contribution in [0.3, 0.4) is 0 Å². The lowest BCUT2D eigenvalue weighted by molar-refractivity contribution is 0.0995. The molecule has 0 aliphatic carbocycles. The predicted octanol–water partition coefficient (Wildman–Crippen LogP) is 4.03. The van der Waals surface area contributed by atoms with Gasteiger partial charge in [0, 0.05) is 35.6 Å². The zero-order chi connectivity index (χ0) is 22.7. The second-order valence-corrected chi connectivity index (χ2v) is 6.61. The summed E-state index contributed by atoms with van der Waals surface area (Å²) >= 11 is 0. The molecule has 2 aromatic heterocycles. The van der Waals surface area contributed by atoms with Crippen LogP contribution in [0.5, 0.6) is 11.5 Å². The highest BCUT2D eigenvalue weighted by atomic mass is 19.1. The van der Waals surface area contributed by atoms with Gasteiger partial charge >= 0.3 is 0 Å². The fourth-order valence-corrected chi connectivity index (χ4v) is 2.86. The SMILES string of the molecule is NC(=O)c1cc(Oc2ccc(Nc3cc(-c4ccc(F)cc4F)nc(N)n3)cc2)ccn1. The molecule has 0 unspecified atom stereocenters. The summed E-state index contributed by atoms with van der Waals surface area (Å²) in [5.41, 5.74) is 12.0. The first-order valence-electron chi connectivity index (χ1n) is 9.28. The molecule has 5 N–H and O–H groups in total. The van der Waals surface area contributed by atoms with Gasteiger partial charge in [-0.2, -0.15) is 4.98 Å². The summed E-state index contributed by atoms with van der Waals surface area (Å²) in [5.74, 6) is -0.934. The number of halogens is 2. The second-order valence-electron chi connectivity index (χ2n) is 6.61. The van der Waals surface area contributed by atoms with E-state index in [-0.39, 0.29) is 22.9 Å². The topological polar surface area (TPSA) is 129 Å². The Kier molecular flexibility index (Phi) is 5.58. The number of ether oxygens (including phenoxy) is 1. The van der Waals surface area contributed by atoms with Crippen LogP contribution in [0.4, 0.5) is 26.2 Å². The van der Waals surface area contributed by atoms with Gasteiger partial charge < -0.3 is 21.5 Å². The first kappa shape index (κ1) is 20.7. The van der Waals surface area contributed by atoms with Crippen LogP contribution in [-0.2, 0) is 0 Å². The van der Waals surface area contributed by atoms with E-state index in [1.165, 1.54) is 24.4 Å². The molecule has 0 saturated carbocycles. The maximum absolute atomic E-state index is 14.1. The molecule has 0 saturated heterocycles. The molecule has 8 nitrogen and oxygen atoms in total. The minimum atomic E-state index is -0.758. The highest BCUT2D eigenvalue weighted by Crippen LogP contribution is 2.27. The summed E-state index contributed by atoms with van der Waals surface area (Å²) in [7, 11) is 0. The van der Waals surface area contributed by atoms with Crippen molar-refractivity contribution in [3.8, 4) is 22.8 Å².